The molecule has 0 amide bonds. The van der Waals surface area contributed by atoms with Crippen molar-refractivity contribution < 1.29 is 17.9 Å². The van der Waals surface area contributed by atoms with Gasteiger partial charge in [-0.1, -0.05) is 12.2 Å². The molecule has 1 aliphatic carbocycles. The van der Waals surface area contributed by atoms with Crippen LogP contribution in [0.5, 0.6) is 5.88 Å². The molecule has 0 aliphatic heterocycles. The summed E-state index contributed by atoms with van der Waals surface area (Å²) < 4.78 is 43.4. The summed E-state index contributed by atoms with van der Waals surface area (Å²) >= 11 is 4.81. The molecule has 0 bridgehead atoms. The smallest absolute Gasteiger partial charge is 0.433 e. The number of likely N-dealkylation sites (N-methyl/N-ethyl adjacent to an activating group) is 1. The fraction of sp³-hybridized carbons (Fsp3) is 0.538. The zero-order chi connectivity index (χ0) is 15.6. The van der Waals surface area contributed by atoms with Crippen molar-refractivity contribution >= 4 is 17.2 Å². The van der Waals surface area contributed by atoms with Gasteiger partial charge in [-0.05, 0) is 32.0 Å². The standard InChI is InChI=1S/C13H16F3N3OS/c1-19(8-2-3-8)6-7-20-12-9(11(17)21)4-5-10(18-12)13(14,15)16/h4-5,8H,2-3,6-7H2,1H3,(H2,17,21). The van der Waals surface area contributed by atoms with E-state index in [1.54, 1.807) is 0 Å². The van der Waals surface area contributed by atoms with E-state index >= 15 is 0 Å². The summed E-state index contributed by atoms with van der Waals surface area (Å²) in [4.78, 5) is 5.55. The van der Waals surface area contributed by atoms with Crippen molar-refractivity contribution in [2.75, 3.05) is 20.2 Å². The maximum Gasteiger partial charge on any atom is 0.433 e. The highest BCUT2D eigenvalue weighted by atomic mass is 32.1. The van der Waals surface area contributed by atoms with Gasteiger partial charge in [-0.25, -0.2) is 4.98 Å². The Morgan fingerprint density at radius 2 is 2.14 bits per heavy atom. The zero-order valence-electron chi connectivity index (χ0n) is 11.5. The minimum Gasteiger partial charge on any atom is -0.476 e. The fourth-order valence-corrected chi connectivity index (χ4v) is 2.04. The summed E-state index contributed by atoms with van der Waals surface area (Å²) in [6, 6.07) is 2.59. The molecule has 1 saturated carbocycles. The summed E-state index contributed by atoms with van der Waals surface area (Å²) in [7, 11) is 1.95. The molecule has 0 saturated heterocycles. The van der Waals surface area contributed by atoms with Crippen LogP contribution in [0.15, 0.2) is 12.1 Å². The minimum atomic E-state index is -4.53. The molecular formula is C13H16F3N3OS. The number of aromatic nitrogens is 1. The van der Waals surface area contributed by atoms with Gasteiger partial charge in [0.15, 0.2) is 0 Å². The summed E-state index contributed by atoms with van der Waals surface area (Å²) in [6.07, 6.45) is -2.23. The first kappa shape index (κ1) is 16.0. The highest BCUT2D eigenvalue weighted by Crippen LogP contribution is 2.30. The molecule has 1 aromatic heterocycles. The average molecular weight is 319 g/mol. The second kappa shape index (κ2) is 6.15. The monoisotopic (exact) mass is 319 g/mol. The summed E-state index contributed by atoms with van der Waals surface area (Å²) in [5.41, 5.74) is 4.68. The first-order valence-corrected chi connectivity index (χ1v) is 6.91. The van der Waals surface area contributed by atoms with Crippen LogP contribution in [0.1, 0.15) is 24.1 Å². The third-order valence-electron chi connectivity index (χ3n) is 3.27. The Hall–Kier alpha value is -1.41. The fourth-order valence-electron chi connectivity index (χ4n) is 1.88. The lowest BCUT2D eigenvalue weighted by Gasteiger charge is -2.17. The number of hydrogen-bond acceptors (Lipinski definition) is 4. The summed E-state index contributed by atoms with van der Waals surface area (Å²) in [5, 5.41) is 0. The van der Waals surface area contributed by atoms with Crippen molar-refractivity contribution in [3.05, 3.63) is 23.4 Å². The first-order valence-electron chi connectivity index (χ1n) is 6.50. The normalized spacial score (nSPS) is 15.3. The van der Waals surface area contributed by atoms with Gasteiger partial charge in [-0.3, -0.25) is 0 Å². The van der Waals surface area contributed by atoms with Crippen LogP contribution >= 0.6 is 12.2 Å². The molecule has 1 fully saturated rings. The van der Waals surface area contributed by atoms with Gasteiger partial charge in [0, 0.05) is 12.6 Å². The Bertz CT molecular complexity index is 532. The molecule has 116 valence electrons. The van der Waals surface area contributed by atoms with E-state index in [4.69, 9.17) is 22.7 Å². The van der Waals surface area contributed by atoms with E-state index in [9.17, 15) is 13.2 Å². The molecule has 1 heterocycles. The van der Waals surface area contributed by atoms with Gasteiger partial charge in [0.1, 0.15) is 17.3 Å². The first-order chi connectivity index (χ1) is 9.79. The summed E-state index contributed by atoms with van der Waals surface area (Å²) in [6.45, 7) is 0.844. The van der Waals surface area contributed by atoms with Crippen LogP contribution in [0.4, 0.5) is 13.2 Å². The van der Waals surface area contributed by atoms with E-state index in [-0.39, 0.29) is 23.0 Å². The molecule has 8 heteroatoms. The van der Waals surface area contributed by atoms with Gasteiger partial charge < -0.3 is 15.4 Å². The molecule has 0 unspecified atom stereocenters. The molecule has 0 spiro atoms. The number of nitrogens with zero attached hydrogens (tertiary/aromatic N) is 2. The van der Waals surface area contributed by atoms with E-state index in [1.807, 2.05) is 7.05 Å². The zero-order valence-corrected chi connectivity index (χ0v) is 12.3. The summed E-state index contributed by atoms with van der Waals surface area (Å²) in [5.74, 6) is -0.165. The second-order valence-corrected chi connectivity index (χ2v) is 5.41. The molecule has 0 atom stereocenters. The molecule has 2 rings (SSSR count). The molecular weight excluding hydrogens is 303 g/mol. The number of hydrogen-bond donors (Lipinski definition) is 1. The van der Waals surface area contributed by atoms with E-state index < -0.39 is 11.9 Å². The Balaban J connectivity index is 2.08. The lowest BCUT2D eigenvalue weighted by atomic mass is 10.2. The maximum absolute atomic E-state index is 12.7. The molecule has 1 aliphatic rings. The van der Waals surface area contributed by atoms with Crippen LogP contribution in [0.25, 0.3) is 0 Å². The number of nitrogens with two attached hydrogens (primary N) is 1. The third kappa shape index (κ3) is 4.28. The predicted molar refractivity (Wildman–Crippen MR) is 76.3 cm³/mol. The van der Waals surface area contributed by atoms with Crippen LogP contribution in [-0.4, -0.2) is 41.1 Å². The SMILES string of the molecule is CN(CCOc1nc(C(F)(F)F)ccc1C(N)=S)C1CC1. The predicted octanol–water partition coefficient (Wildman–Crippen LogP) is 2.21. The number of rotatable bonds is 6. The van der Waals surface area contributed by atoms with Crippen molar-refractivity contribution in [3.8, 4) is 5.88 Å². The highest BCUT2D eigenvalue weighted by molar-refractivity contribution is 7.80. The number of thiocarbonyl (C=S) groups is 1. The van der Waals surface area contributed by atoms with Crippen molar-refractivity contribution in [3.63, 3.8) is 0 Å². The van der Waals surface area contributed by atoms with E-state index in [2.05, 4.69) is 9.88 Å². The molecule has 1 aromatic rings. The van der Waals surface area contributed by atoms with Crippen LogP contribution in [-0.2, 0) is 6.18 Å². The largest absolute Gasteiger partial charge is 0.476 e. The Labute approximate surface area is 126 Å². The average Bonchev–Trinajstić information content (AvgIpc) is 3.21. The number of halogens is 3. The Kier molecular flexibility index (Phi) is 4.67. The van der Waals surface area contributed by atoms with Crippen molar-refractivity contribution in [2.24, 2.45) is 5.73 Å². The molecule has 2 N–H and O–H groups in total. The molecule has 0 radical (unpaired) electrons. The highest BCUT2D eigenvalue weighted by Gasteiger charge is 2.33. The van der Waals surface area contributed by atoms with E-state index in [0.717, 1.165) is 18.9 Å². The van der Waals surface area contributed by atoms with Gasteiger partial charge in [0.2, 0.25) is 5.88 Å². The quantitative estimate of drug-likeness (QED) is 0.815. The van der Waals surface area contributed by atoms with Gasteiger partial charge in [-0.15, -0.1) is 0 Å². The Morgan fingerprint density at radius 1 is 1.48 bits per heavy atom. The molecule has 21 heavy (non-hydrogen) atoms. The number of ether oxygens (including phenoxy) is 1. The number of alkyl halides is 3. The molecule has 4 nitrogen and oxygen atoms in total. The van der Waals surface area contributed by atoms with Gasteiger partial charge >= 0.3 is 6.18 Å². The Morgan fingerprint density at radius 3 is 2.67 bits per heavy atom. The third-order valence-corrected chi connectivity index (χ3v) is 3.49. The number of pyridine rings is 1. The van der Waals surface area contributed by atoms with Gasteiger partial charge in [0.05, 0.1) is 5.56 Å². The topological polar surface area (TPSA) is 51.4 Å². The second-order valence-electron chi connectivity index (χ2n) is 4.97. The maximum atomic E-state index is 12.7. The minimum absolute atomic E-state index is 0.0400. The van der Waals surface area contributed by atoms with Crippen LogP contribution < -0.4 is 10.5 Å². The van der Waals surface area contributed by atoms with Gasteiger partial charge in [-0.2, -0.15) is 13.2 Å². The lowest BCUT2D eigenvalue weighted by Crippen LogP contribution is -2.27. The van der Waals surface area contributed by atoms with Crippen LogP contribution in [0.2, 0.25) is 0 Å². The van der Waals surface area contributed by atoms with Crippen LogP contribution in [0, 0.1) is 0 Å². The van der Waals surface area contributed by atoms with Crippen molar-refractivity contribution in [2.45, 2.75) is 25.1 Å². The molecule has 0 aromatic carbocycles. The van der Waals surface area contributed by atoms with Gasteiger partial charge in [0.25, 0.3) is 0 Å². The van der Waals surface area contributed by atoms with E-state index in [1.165, 1.54) is 6.07 Å². The van der Waals surface area contributed by atoms with Crippen molar-refractivity contribution in [1.29, 1.82) is 0 Å². The van der Waals surface area contributed by atoms with E-state index in [0.29, 0.717) is 12.6 Å². The van der Waals surface area contributed by atoms with Crippen molar-refractivity contribution in [1.82, 2.24) is 9.88 Å². The van der Waals surface area contributed by atoms with Crippen LogP contribution in [0.3, 0.4) is 0 Å². The lowest BCUT2D eigenvalue weighted by molar-refractivity contribution is -0.141.